The SMILES string of the molecule is CCOC(=O)C1=C(C)N=C2SC=C(CC(=O)NCCN(C)C)N2C1c1cc(OC)ccc1OC. The minimum absolute atomic E-state index is 0.102. The third-order valence-corrected chi connectivity index (χ3v) is 6.34. The number of methoxy groups -OCH3 is 2. The molecule has 0 spiro atoms. The summed E-state index contributed by atoms with van der Waals surface area (Å²) in [7, 11) is 7.08. The molecule has 2 aliphatic rings. The van der Waals surface area contributed by atoms with Crippen LogP contribution in [0.3, 0.4) is 0 Å². The Morgan fingerprint density at radius 3 is 2.65 bits per heavy atom. The molecule has 1 unspecified atom stereocenters. The number of rotatable bonds is 10. The molecule has 34 heavy (non-hydrogen) atoms. The molecular formula is C24H32N4O5S. The van der Waals surface area contributed by atoms with Gasteiger partial charge in [0.05, 0.1) is 44.6 Å². The lowest BCUT2D eigenvalue weighted by atomic mass is 9.93. The van der Waals surface area contributed by atoms with Crippen LogP contribution in [0.5, 0.6) is 11.5 Å². The average molecular weight is 489 g/mol. The molecule has 0 bridgehead atoms. The first-order valence-corrected chi connectivity index (χ1v) is 11.9. The highest BCUT2D eigenvalue weighted by atomic mass is 32.2. The van der Waals surface area contributed by atoms with Crippen LogP contribution in [0.4, 0.5) is 0 Å². The van der Waals surface area contributed by atoms with E-state index < -0.39 is 12.0 Å². The van der Waals surface area contributed by atoms with Gasteiger partial charge in [-0.1, -0.05) is 11.8 Å². The Morgan fingerprint density at radius 1 is 1.24 bits per heavy atom. The first-order chi connectivity index (χ1) is 16.3. The number of fused-ring (bicyclic) bond motifs is 1. The van der Waals surface area contributed by atoms with Gasteiger partial charge in [0.1, 0.15) is 11.5 Å². The van der Waals surface area contributed by atoms with Crippen LogP contribution in [0.2, 0.25) is 0 Å². The summed E-state index contributed by atoms with van der Waals surface area (Å²) in [4.78, 5) is 34.4. The zero-order valence-electron chi connectivity index (χ0n) is 20.5. The van der Waals surface area contributed by atoms with E-state index in [2.05, 4.69) is 10.3 Å². The van der Waals surface area contributed by atoms with E-state index in [0.29, 0.717) is 34.5 Å². The number of nitrogens with zero attached hydrogens (tertiary/aromatic N) is 3. The van der Waals surface area contributed by atoms with E-state index in [1.165, 1.54) is 11.8 Å². The number of amides is 1. The number of esters is 1. The second kappa shape index (κ2) is 11.4. The fraction of sp³-hybridized carbons (Fsp3) is 0.458. The van der Waals surface area contributed by atoms with E-state index >= 15 is 0 Å². The number of nitrogens with one attached hydrogen (secondary N) is 1. The molecule has 0 saturated carbocycles. The Kier molecular flexibility index (Phi) is 8.62. The van der Waals surface area contributed by atoms with Crippen molar-refractivity contribution < 1.29 is 23.8 Å². The molecule has 184 valence electrons. The molecule has 0 saturated heterocycles. The Labute approximate surface area is 204 Å². The number of carbonyl (C=O) groups excluding carboxylic acids is 2. The van der Waals surface area contributed by atoms with Gasteiger partial charge in [-0.2, -0.15) is 0 Å². The zero-order chi connectivity index (χ0) is 24.8. The van der Waals surface area contributed by atoms with Crippen LogP contribution in [-0.2, 0) is 14.3 Å². The lowest BCUT2D eigenvalue weighted by molar-refractivity contribution is -0.139. The van der Waals surface area contributed by atoms with E-state index in [1.54, 1.807) is 40.2 Å². The molecule has 1 N–H and O–H groups in total. The predicted octanol–water partition coefficient (Wildman–Crippen LogP) is 2.91. The van der Waals surface area contributed by atoms with Crippen LogP contribution in [0.1, 0.15) is 31.9 Å². The summed E-state index contributed by atoms with van der Waals surface area (Å²) in [6, 6.07) is 4.86. The minimum Gasteiger partial charge on any atom is -0.497 e. The molecule has 0 radical (unpaired) electrons. The van der Waals surface area contributed by atoms with Crippen molar-refractivity contribution in [3.05, 3.63) is 46.1 Å². The average Bonchev–Trinajstić information content (AvgIpc) is 3.19. The van der Waals surface area contributed by atoms with Gasteiger partial charge >= 0.3 is 5.97 Å². The van der Waals surface area contributed by atoms with Crippen LogP contribution in [-0.4, -0.2) is 74.9 Å². The number of hydrogen-bond acceptors (Lipinski definition) is 9. The van der Waals surface area contributed by atoms with Crippen LogP contribution in [0.25, 0.3) is 0 Å². The topological polar surface area (TPSA) is 92.7 Å². The van der Waals surface area contributed by atoms with Gasteiger partial charge in [-0.25, -0.2) is 9.79 Å². The quantitative estimate of drug-likeness (QED) is 0.503. The maximum Gasteiger partial charge on any atom is 0.338 e. The van der Waals surface area contributed by atoms with Crippen molar-refractivity contribution in [2.24, 2.45) is 4.99 Å². The molecule has 3 rings (SSSR count). The van der Waals surface area contributed by atoms with Gasteiger partial charge in [0, 0.05) is 24.4 Å². The lowest BCUT2D eigenvalue weighted by Gasteiger charge is -2.36. The van der Waals surface area contributed by atoms with E-state index in [0.717, 1.165) is 17.8 Å². The highest BCUT2D eigenvalue weighted by Gasteiger charge is 2.42. The first kappa shape index (κ1) is 25.6. The van der Waals surface area contributed by atoms with Crippen molar-refractivity contribution in [3.63, 3.8) is 0 Å². The second-order valence-electron chi connectivity index (χ2n) is 8.05. The van der Waals surface area contributed by atoms with Crippen molar-refractivity contribution in [1.29, 1.82) is 0 Å². The van der Waals surface area contributed by atoms with E-state index in [9.17, 15) is 9.59 Å². The third-order valence-electron chi connectivity index (χ3n) is 5.45. The van der Waals surface area contributed by atoms with Crippen molar-refractivity contribution in [2.45, 2.75) is 26.3 Å². The molecule has 2 heterocycles. The van der Waals surface area contributed by atoms with E-state index in [1.807, 2.05) is 35.4 Å². The molecule has 1 atom stereocenters. The summed E-state index contributed by atoms with van der Waals surface area (Å²) in [5.41, 5.74) is 2.43. The minimum atomic E-state index is -0.590. The maximum atomic E-state index is 13.1. The van der Waals surface area contributed by atoms with Gasteiger partial charge in [-0.05, 0) is 51.5 Å². The van der Waals surface area contributed by atoms with Gasteiger partial charge in [-0.3, -0.25) is 4.79 Å². The number of amidine groups is 1. The fourth-order valence-electron chi connectivity index (χ4n) is 3.83. The molecular weight excluding hydrogens is 456 g/mol. The molecule has 0 aromatic heterocycles. The molecule has 1 aromatic carbocycles. The Bertz CT molecular complexity index is 1030. The van der Waals surface area contributed by atoms with Crippen LogP contribution >= 0.6 is 11.8 Å². The number of benzene rings is 1. The van der Waals surface area contributed by atoms with Crippen LogP contribution in [0.15, 0.2) is 45.6 Å². The van der Waals surface area contributed by atoms with Gasteiger partial charge in [0.25, 0.3) is 0 Å². The normalized spacial score (nSPS) is 17.3. The lowest BCUT2D eigenvalue weighted by Crippen LogP contribution is -2.38. The van der Waals surface area contributed by atoms with Crippen LogP contribution < -0.4 is 14.8 Å². The molecule has 1 amide bonds. The van der Waals surface area contributed by atoms with Crippen molar-refractivity contribution in [1.82, 2.24) is 15.1 Å². The number of thioether (sulfide) groups is 1. The smallest absolute Gasteiger partial charge is 0.338 e. The van der Waals surface area contributed by atoms with Gasteiger partial charge in [0.15, 0.2) is 5.17 Å². The first-order valence-electron chi connectivity index (χ1n) is 11.1. The summed E-state index contributed by atoms with van der Waals surface area (Å²) < 4.78 is 16.5. The molecule has 2 aliphatic heterocycles. The number of ether oxygens (including phenoxy) is 3. The maximum absolute atomic E-state index is 13.1. The van der Waals surface area contributed by atoms with Crippen molar-refractivity contribution >= 4 is 28.8 Å². The summed E-state index contributed by atoms with van der Waals surface area (Å²) in [6.45, 7) is 5.09. The molecule has 9 nitrogen and oxygen atoms in total. The third kappa shape index (κ3) is 5.56. The fourth-order valence-corrected chi connectivity index (χ4v) is 4.80. The number of hydrogen-bond donors (Lipinski definition) is 1. The number of carbonyl (C=O) groups is 2. The summed E-state index contributed by atoms with van der Waals surface area (Å²) in [5.74, 6) is 0.660. The van der Waals surface area contributed by atoms with Crippen LogP contribution in [0, 0.1) is 0 Å². The second-order valence-corrected chi connectivity index (χ2v) is 8.89. The number of aliphatic imine (C=N–C) groups is 1. The van der Waals surface area contributed by atoms with Crippen molar-refractivity contribution in [3.8, 4) is 11.5 Å². The standard InChI is InChI=1S/C24H32N4O5S/c1-7-33-23(30)21-15(2)26-24-28(16(14-34-24)12-20(29)25-10-11-27(3)4)22(21)18-13-17(31-5)8-9-19(18)32-6/h8-9,13-14,22H,7,10-12H2,1-6H3,(H,25,29). The predicted molar refractivity (Wildman–Crippen MR) is 133 cm³/mol. The molecule has 1 aromatic rings. The summed E-state index contributed by atoms with van der Waals surface area (Å²) >= 11 is 1.43. The Morgan fingerprint density at radius 2 is 2.00 bits per heavy atom. The van der Waals surface area contributed by atoms with Gasteiger partial charge in [-0.15, -0.1) is 0 Å². The largest absolute Gasteiger partial charge is 0.497 e. The summed E-state index contributed by atoms with van der Waals surface area (Å²) in [6.07, 6.45) is 0.150. The zero-order valence-corrected chi connectivity index (χ0v) is 21.3. The monoisotopic (exact) mass is 488 g/mol. The number of likely N-dealkylation sites (N-methyl/N-ethyl adjacent to an activating group) is 1. The Balaban J connectivity index is 2.03. The van der Waals surface area contributed by atoms with Gasteiger partial charge < -0.3 is 29.3 Å². The highest BCUT2D eigenvalue weighted by molar-refractivity contribution is 8.16. The molecule has 10 heteroatoms. The van der Waals surface area contributed by atoms with E-state index in [4.69, 9.17) is 14.2 Å². The highest BCUT2D eigenvalue weighted by Crippen LogP contribution is 2.47. The van der Waals surface area contributed by atoms with E-state index in [-0.39, 0.29) is 18.9 Å². The molecule has 0 fully saturated rings. The summed E-state index contributed by atoms with van der Waals surface area (Å²) in [5, 5.41) is 5.55. The number of allylic oxidation sites excluding steroid dienone is 1. The van der Waals surface area contributed by atoms with Gasteiger partial charge in [0.2, 0.25) is 5.91 Å². The molecule has 0 aliphatic carbocycles. The van der Waals surface area contributed by atoms with Crippen molar-refractivity contribution in [2.75, 3.05) is 48.0 Å². The Hall–Kier alpha value is -2.98.